The third-order valence-electron chi connectivity index (χ3n) is 6.86. The molecule has 0 bridgehead atoms. The lowest BCUT2D eigenvalue weighted by atomic mass is 9.94. The first-order valence-electron chi connectivity index (χ1n) is 11.9. The first-order chi connectivity index (χ1) is 17.0. The molecular weight excluding hydrogens is 581 g/mol. The second-order valence-corrected chi connectivity index (χ2v) is 12.7. The van der Waals surface area contributed by atoms with Crippen LogP contribution in [-0.4, -0.2) is 19.6 Å². The standard InChI is InChI=1S/C30H32INO3S/c1-20-15-21(2)29(23(4)22(20)3)19-32(18-27-13-14-30(31)35-27)17-24-9-11-25(12-10-24)26-7-6-8-28(16-26)36(5,33)34/h6-16H,17-19H2,1-5H3. The maximum atomic E-state index is 12.0. The van der Waals surface area contributed by atoms with Gasteiger partial charge < -0.3 is 4.42 Å². The zero-order valence-corrected chi connectivity index (χ0v) is 24.4. The van der Waals surface area contributed by atoms with Crippen molar-refractivity contribution in [3.8, 4) is 11.1 Å². The Morgan fingerprint density at radius 3 is 2.14 bits per heavy atom. The fraction of sp³-hybridized carbons (Fsp3) is 0.267. The molecule has 0 amide bonds. The SMILES string of the molecule is Cc1cc(C)c(CN(Cc2ccc(-c3cccc(S(C)(=O)=O)c3)cc2)Cc2ccc(I)o2)c(C)c1C. The van der Waals surface area contributed by atoms with E-state index in [1.807, 2.05) is 18.2 Å². The number of furan rings is 1. The molecule has 36 heavy (non-hydrogen) atoms. The Labute approximate surface area is 228 Å². The molecule has 4 rings (SSSR count). The highest BCUT2D eigenvalue weighted by Crippen LogP contribution is 2.27. The summed E-state index contributed by atoms with van der Waals surface area (Å²) in [6.07, 6.45) is 1.24. The molecule has 1 heterocycles. The van der Waals surface area contributed by atoms with Gasteiger partial charge in [-0.25, -0.2) is 8.42 Å². The number of rotatable bonds is 8. The molecule has 0 aliphatic heterocycles. The Morgan fingerprint density at radius 2 is 1.50 bits per heavy atom. The number of halogens is 1. The molecule has 3 aromatic carbocycles. The minimum Gasteiger partial charge on any atom is -0.454 e. The summed E-state index contributed by atoms with van der Waals surface area (Å²) in [4.78, 5) is 2.75. The van der Waals surface area contributed by atoms with Crippen LogP contribution in [0.3, 0.4) is 0 Å². The van der Waals surface area contributed by atoms with Crippen LogP contribution >= 0.6 is 22.6 Å². The van der Waals surface area contributed by atoms with Gasteiger partial charge in [0.05, 0.1) is 11.4 Å². The molecule has 0 unspecified atom stereocenters. The van der Waals surface area contributed by atoms with E-state index in [1.54, 1.807) is 18.2 Å². The highest BCUT2D eigenvalue weighted by Gasteiger charge is 2.16. The average molecular weight is 614 g/mol. The fourth-order valence-corrected chi connectivity index (χ4v) is 5.73. The van der Waals surface area contributed by atoms with Crippen molar-refractivity contribution in [3.63, 3.8) is 0 Å². The summed E-state index contributed by atoms with van der Waals surface area (Å²) in [6, 6.07) is 21.8. The Balaban J connectivity index is 1.60. The molecule has 4 aromatic rings. The zero-order chi connectivity index (χ0) is 26.0. The van der Waals surface area contributed by atoms with Gasteiger partial charge in [0.15, 0.2) is 13.6 Å². The molecule has 0 radical (unpaired) electrons. The number of hydrogen-bond acceptors (Lipinski definition) is 4. The Morgan fingerprint density at radius 1 is 0.778 bits per heavy atom. The van der Waals surface area contributed by atoms with Crippen LogP contribution in [0.15, 0.2) is 76.0 Å². The molecule has 0 spiro atoms. The van der Waals surface area contributed by atoms with E-state index in [4.69, 9.17) is 4.42 Å². The Hall–Kier alpha value is -2.42. The molecule has 1 aromatic heterocycles. The minimum atomic E-state index is -3.24. The largest absolute Gasteiger partial charge is 0.454 e. The number of aryl methyl sites for hydroxylation is 2. The summed E-state index contributed by atoms with van der Waals surface area (Å²) in [6.45, 7) is 11.1. The molecular formula is C30H32INO3S. The monoisotopic (exact) mass is 613 g/mol. The van der Waals surface area contributed by atoms with Crippen molar-refractivity contribution < 1.29 is 12.8 Å². The van der Waals surface area contributed by atoms with Crippen molar-refractivity contribution in [1.82, 2.24) is 4.90 Å². The van der Waals surface area contributed by atoms with E-state index in [0.717, 1.165) is 33.7 Å². The lowest BCUT2D eigenvalue weighted by molar-refractivity contribution is 0.224. The van der Waals surface area contributed by atoms with Crippen molar-refractivity contribution in [3.05, 3.63) is 110 Å². The molecule has 0 atom stereocenters. The quantitative estimate of drug-likeness (QED) is 0.195. The summed E-state index contributed by atoms with van der Waals surface area (Å²) in [5.74, 6) is 0.952. The van der Waals surface area contributed by atoms with Gasteiger partial charge in [0.2, 0.25) is 0 Å². The van der Waals surface area contributed by atoms with Crippen molar-refractivity contribution in [2.75, 3.05) is 6.26 Å². The van der Waals surface area contributed by atoms with Gasteiger partial charge in [0.1, 0.15) is 5.76 Å². The van der Waals surface area contributed by atoms with E-state index < -0.39 is 9.84 Å². The van der Waals surface area contributed by atoms with Crippen LogP contribution in [0.1, 0.15) is 39.1 Å². The van der Waals surface area contributed by atoms with Gasteiger partial charge in [0, 0.05) is 19.3 Å². The topological polar surface area (TPSA) is 50.5 Å². The third kappa shape index (κ3) is 6.28. The zero-order valence-electron chi connectivity index (χ0n) is 21.4. The van der Waals surface area contributed by atoms with Crippen molar-refractivity contribution in [2.45, 2.75) is 52.2 Å². The number of sulfone groups is 1. The summed E-state index contributed by atoms with van der Waals surface area (Å²) >= 11 is 2.21. The molecule has 0 saturated heterocycles. The van der Waals surface area contributed by atoms with Crippen molar-refractivity contribution >= 4 is 32.4 Å². The van der Waals surface area contributed by atoms with Crippen LogP contribution in [0.4, 0.5) is 0 Å². The van der Waals surface area contributed by atoms with Gasteiger partial charge in [0.25, 0.3) is 0 Å². The van der Waals surface area contributed by atoms with Gasteiger partial charge in [-0.1, -0.05) is 42.5 Å². The van der Waals surface area contributed by atoms with E-state index >= 15 is 0 Å². The van der Waals surface area contributed by atoms with E-state index in [2.05, 4.69) is 85.5 Å². The van der Waals surface area contributed by atoms with Crippen LogP contribution < -0.4 is 0 Å². The number of benzene rings is 3. The van der Waals surface area contributed by atoms with Gasteiger partial charge in [-0.05, 0) is 119 Å². The number of hydrogen-bond donors (Lipinski definition) is 0. The predicted molar refractivity (Wildman–Crippen MR) is 155 cm³/mol. The van der Waals surface area contributed by atoms with Gasteiger partial charge in [-0.2, -0.15) is 0 Å². The highest BCUT2D eigenvalue weighted by atomic mass is 127. The Bertz CT molecular complexity index is 1490. The normalized spacial score (nSPS) is 11.9. The van der Waals surface area contributed by atoms with Crippen LogP contribution in [0.25, 0.3) is 11.1 Å². The molecule has 0 saturated carbocycles. The summed E-state index contributed by atoms with van der Waals surface area (Å²) in [5, 5.41) is 0. The molecule has 0 fully saturated rings. The first kappa shape index (κ1) is 26.6. The van der Waals surface area contributed by atoms with Crippen molar-refractivity contribution in [1.29, 1.82) is 0 Å². The average Bonchev–Trinajstić information content (AvgIpc) is 3.24. The molecule has 4 nitrogen and oxygen atoms in total. The summed E-state index contributed by atoms with van der Waals surface area (Å²) < 4.78 is 30.7. The van der Waals surface area contributed by atoms with E-state index in [9.17, 15) is 8.42 Å². The van der Waals surface area contributed by atoms with Gasteiger partial charge in [-0.15, -0.1) is 0 Å². The highest BCUT2D eigenvalue weighted by molar-refractivity contribution is 14.1. The van der Waals surface area contributed by atoms with E-state index in [0.29, 0.717) is 11.4 Å². The molecule has 0 aliphatic rings. The van der Waals surface area contributed by atoms with Crippen LogP contribution in [-0.2, 0) is 29.5 Å². The smallest absolute Gasteiger partial charge is 0.175 e. The fourth-order valence-electron chi connectivity index (χ4n) is 4.60. The summed E-state index contributed by atoms with van der Waals surface area (Å²) in [5.41, 5.74) is 9.81. The van der Waals surface area contributed by atoms with E-state index in [-0.39, 0.29) is 0 Å². The predicted octanol–water partition coefficient (Wildman–Crippen LogP) is 7.39. The van der Waals surface area contributed by atoms with Gasteiger partial charge >= 0.3 is 0 Å². The molecule has 0 N–H and O–H groups in total. The minimum absolute atomic E-state index is 0.336. The van der Waals surface area contributed by atoms with Crippen LogP contribution in [0, 0.1) is 31.5 Å². The first-order valence-corrected chi connectivity index (χ1v) is 14.9. The van der Waals surface area contributed by atoms with Gasteiger partial charge in [-0.3, -0.25) is 4.90 Å². The molecule has 6 heteroatoms. The molecule has 0 aliphatic carbocycles. The summed E-state index contributed by atoms with van der Waals surface area (Å²) in [7, 11) is -3.24. The lowest BCUT2D eigenvalue weighted by Crippen LogP contribution is -2.23. The maximum Gasteiger partial charge on any atom is 0.175 e. The second kappa shape index (κ2) is 10.9. The van der Waals surface area contributed by atoms with E-state index in [1.165, 1.54) is 39.6 Å². The third-order valence-corrected chi connectivity index (χ3v) is 8.55. The maximum absolute atomic E-state index is 12.0. The Kier molecular flexibility index (Phi) is 8.07. The lowest BCUT2D eigenvalue weighted by Gasteiger charge is -2.25. The molecule has 188 valence electrons. The van der Waals surface area contributed by atoms with Crippen LogP contribution in [0.2, 0.25) is 0 Å². The number of nitrogens with zero attached hydrogens (tertiary/aromatic N) is 1. The van der Waals surface area contributed by atoms with Crippen molar-refractivity contribution in [2.24, 2.45) is 0 Å². The van der Waals surface area contributed by atoms with Crippen LogP contribution in [0.5, 0.6) is 0 Å². The second-order valence-electron chi connectivity index (χ2n) is 9.59.